The van der Waals surface area contributed by atoms with Crippen LogP contribution in [0.25, 0.3) is 0 Å². The molecule has 0 radical (unpaired) electrons. The number of hydrogen-bond donors (Lipinski definition) is 2. The van der Waals surface area contributed by atoms with Crippen LogP contribution in [0.4, 0.5) is 11.4 Å². The number of anilines is 1. The van der Waals surface area contributed by atoms with Crippen LogP contribution in [-0.2, 0) is 0 Å². The molecule has 0 saturated carbocycles. The molecule has 7 heteroatoms. The van der Waals surface area contributed by atoms with Gasteiger partial charge in [-0.25, -0.2) is 0 Å². The molecule has 0 bridgehead atoms. The van der Waals surface area contributed by atoms with Crippen molar-refractivity contribution in [3.05, 3.63) is 33.9 Å². The SMILES string of the molecule is CN1CCCC(CNC(=O)c2cccc([N+](=O)[O-])c2N)C1. The minimum absolute atomic E-state index is 0.0826. The predicted molar refractivity (Wildman–Crippen MR) is 80.1 cm³/mol. The third kappa shape index (κ3) is 3.69. The molecule has 1 saturated heterocycles. The molecule has 114 valence electrons. The number of hydrogen-bond acceptors (Lipinski definition) is 5. The lowest BCUT2D eigenvalue weighted by Gasteiger charge is -2.29. The summed E-state index contributed by atoms with van der Waals surface area (Å²) in [6, 6.07) is 4.27. The van der Waals surface area contributed by atoms with Crippen LogP contribution in [0.1, 0.15) is 23.2 Å². The fourth-order valence-electron chi connectivity index (χ4n) is 2.68. The topological polar surface area (TPSA) is 102 Å². The van der Waals surface area contributed by atoms with Crippen LogP contribution in [-0.4, -0.2) is 42.4 Å². The highest BCUT2D eigenvalue weighted by Crippen LogP contribution is 2.24. The Kier molecular flexibility index (Phi) is 4.74. The number of nitro groups is 1. The molecule has 0 aromatic heterocycles. The zero-order chi connectivity index (χ0) is 15.4. The molecule has 1 aromatic carbocycles. The van der Waals surface area contributed by atoms with E-state index in [0.29, 0.717) is 12.5 Å². The lowest BCUT2D eigenvalue weighted by Crippen LogP contribution is -2.39. The smallest absolute Gasteiger partial charge is 0.292 e. The maximum Gasteiger partial charge on any atom is 0.292 e. The van der Waals surface area contributed by atoms with Gasteiger partial charge in [-0.2, -0.15) is 0 Å². The number of benzene rings is 1. The second kappa shape index (κ2) is 6.53. The summed E-state index contributed by atoms with van der Waals surface area (Å²) < 4.78 is 0. The highest BCUT2D eigenvalue weighted by molar-refractivity contribution is 6.00. The highest BCUT2D eigenvalue weighted by Gasteiger charge is 2.21. The molecule has 3 N–H and O–H groups in total. The molecule has 1 heterocycles. The van der Waals surface area contributed by atoms with Gasteiger partial charge in [0.05, 0.1) is 10.5 Å². The summed E-state index contributed by atoms with van der Waals surface area (Å²) in [4.78, 5) is 24.6. The second-order valence-corrected chi connectivity index (χ2v) is 5.48. The Labute approximate surface area is 123 Å². The normalized spacial score (nSPS) is 19.2. The van der Waals surface area contributed by atoms with Crippen molar-refractivity contribution in [1.82, 2.24) is 10.2 Å². The second-order valence-electron chi connectivity index (χ2n) is 5.48. The quantitative estimate of drug-likeness (QED) is 0.494. The first-order valence-electron chi connectivity index (χ1n) is 6.98. The molecule has 0 spiro atoms. The molecule has 2 rings (SSSR count). The Balaban J connectivity index is 2.00. The van der Waals surface area contributed by atoms with Crippen molar-refractivity contribution in [2.75, 3.05) is 32.4 Å². The van der Waals surface area contributed by atoms with Gasteiger partial charge in [0.1, 0.15) is 5.69 Å². The first-order chi connectivity index (χ1) is 9.99. The van der Waals surface area contributed by atoms with Crippen LogP contribution in [0.2, 0.25) is 0 Å². The zero-order valence-electron chi connectivity index (χ0n) is 12.0. The largest absolute Gasteiger partial charge is 0.393 e. The Morgan fingerprint density at radius 2 is 2.33 bits per heavy atom. The van der Waals surface area contributed by atoms with Crippen molar-refractivity contribution in [2.45, 2.75) is 12.8 Å². The van der Waals surface area contributed by atoms with Crippen LogP contribution >= 0.6 is 0 Å². The van der Waals surface area contributed by atoms with Gasteiger partial charge >= 0.3 is 0 Å². The summed E-state index contributed by atoms with van der Waals surface area (Å²) in [5, 5.41) is 13.7. The molecule has 1 atom stereocenters. The first-order valence-corrected chi connectivity index (χ1v) is 6.98. The Morgan fingerprint density at radius 1 is 1.57 bits per heavy atom. The number of carbonyl (C=O) groups excluding carboxylic acids is 1. The number of nitrogen functional groups attached to an aromatic ring is 1. The summed E-state index contributed by atoms with van der Waals surface area (Å²) in [5.74, 6) is 0.0528. The molecule has 1 unspecified atom stereocenters. The van der Waals surface area contributed by atoms with Gasteiger partial charge in [0.2, 0.25) is 0 Å². The van der Waals surface area contributed by atoms with Crippen molar-refractivity contribution >= 4 is 17.3 Å². The van der Waals surface area contributed by atoms with Crippen LogP contribution in [0, 0.1) is 16.0 Å². The maximum atomic E-state index is 12.1. The molecule has 7 nitrogen and oxygen atoms in total. The third-order valence-electron chi connectivity index (χ3n) is 3.80. The average molecular weight is 292 g/mol. The molecule has 0 aliphatic carbocycles. The van der Waals surface area contributed by atoms with Crippen molar-refractivity contribution in [1.29, 1.82) is 0 Å². The van der Waals surface area contributed by atoms with Gasteiger partial charge in [0.25, 0.3) is 11.6 Å². The van der Waals surface area contributed by atoms with Gasteiger partial charge < -0.3 is 16.0 Å². The van der Waals surface area contributed by atoms with Crippen molar-refractivity contribution in [3.8, 4) is 0 Å². The number of carbonyl (C=O) groups is 1. The summed E-state index contributed by atoms with van der Waals surface area (Å²) in [7, 11) is 2.06. The Morgan fingerprint density at radius 3 is 3.00 bits per heavy atom. The van der Waals surface area contributed by atoms with Crippen LogP contribution in [0.5, 0.6) is 0 Å². The zero-order valence-corrected chi connectivity index (χ0v) is 12.0. The fourth-order valence-corrected chi connectivity index (χ4v) is 2.68. The number of para-hydroxylation sites is 1. The number of rotatable bonds is 4. The molecule has 1 fully saturated rings. The van der Waals surface area contributed by atoms with E-state index in [1.165, 1.54) is 18.2 Å². The first kappa shape index (κ1) is 15.2. The molecular formula is C14H20N4O3. The molecule has 1 amide bonds. The lowest BCUT2D eigenvalue weighted by molar-refractivity contribution is -0.383. The number of piperidine rings is 1. The van der Waals surface area contributed by atoms with E-state index in [9.17, 15) is 14.9 Å². The van der Waals surface area contributed by atoms with Gasteiger partial charge in [-0.05, 0) is 38.4 Å². The standard InChI is InChI=1S/C14H20N4O3/c1-17-7-3-4-10(9-17)8-16-14(19)11-5-2-6-12(13(11)15)18(20)21/h2,5-6,10H,3-4,7-9,15H2,1H3,(H,16,19). The van der Waals surface area contributed by atoms with E-state index in [4.69, 9.17) is 5.73 Å². The van der Waals surface area contributed by atoms with E-state index in [1.54, 1.807) is 0 Å². The summed E-state index contributed by atoms with van der Waals surface area (Å²) in [5.41, 5.74) is 5.55. The third-order valence-corrected chi connectivity index (χ3v) is 3.80. The monoisotopic (exact) mass is 292 g/mol. The number of amides is 1. The maximum absolute atomic E-state index is 12.1. The van der Waals surface area contributed by atoms with Crippen LogP contribution in [0.15, 0.2) is 18.2 Å². The number of likely N-dealkylation sites (tertiary alicyclic amines) is 1. The minimum Gasteiger partial charge on any atom is -0.393 e. The number of nitrogens with two attached hydrogens (primary N) is 1. The van der Waals surface area contributed by atoms with E-state index >= 15 is 0 Å². The van der Waals surface area contributed by atoms with Gasteiger partial charge in [0, 0.05) is 19.2 Å². The number of nitrogens with zero attached hydrogens (tertiary/aromatic N) is 2. The summed E-state index contributed by atoms with van der Waals surface area (Å²) >= 11 is 0. The Hall–Kier alpha value is -2.15. The van der Waals surface area contributed by atoms with Gasteiger partial charge in [-0.3, -0.25) is 14.9 Å². The van der Waals surface area contributed by atoms with E-state index < -0.39 is 4.92 Å². The van der Waals surface area contributed by atoms with E-state index in [-0.39, 0.29) is 22.8 Å². The molecule has 1 aliphatic heterocycles. The van der Waals surface area contributed by atoms with Gasteiger partial charge in [0.15, 0.2) is 0 Å². The van der Waals surface area contributed by atoms with Crippen LogP contribution in [0.3, 0.4) is 0 Å². The van der Waals surface area contributed by atoms with E-state index in [0.717, 1.165) is 25.9 Å². The highest BCUT2D eigenvalue weighted by atomic mass is 16.6. The minimum atomic E-state index is -0.581. The predicted octanol–water partition coefficient (Wildman–Crippen LogP) is 1.25. The lowest BCUT2D eigenvalue weighted by atomic mass is 9.98. The number of nitrogens with one attached hydrogen (secondary N) is 1. The van der Waals surface area contributed by atoms with E-state index in [1.807, 2.05) is 0 Å². The van der Waals surface area contributed by atoms with Crippen LogP contribution < -0.4 is 11.1 Å². The molecule has 1 aliphatic rings. The summed E-state index contributed by atoms with van der Waals surface area (Å²) in [6.45, 7) is 2.60. The molecule has 21 heavy (non-hydrogen) atoms. The van der Waals surface area contributed by atoms with Crippen molar-refractivity contribution in [2.24, 2.45) is 5.92 Å². The Bertz CT molecular complexity index is 547. The van der Waals surface area contributed by atoms with E-state index in [2.05, 4.69) is 17.3 Å². The molecule has 1 aromatic rings. The summed E-state index contributed by atoms with van der Waals surface area (Å²) in [6.07, 6.45) is 2.20. The van der Waals surface area contributed by atoms with Gasteiger partial charge in [-0.1, -0.05) is 6.07 Å². The fraction of sp³-hybridized carbons (Fsp3) is 0.500. The van der Waals surface area contributed by atoms with Gasteiger partial charge in [-0.15, -0.1) is 0 Å². The number of nitro benzene ring substituents is 1. The molecular weight excluding hydrogens is 272 g/mol. The van der Waals surface area contributed by atoms with Crippen molar-refractivity contribution < 1.29 is 9.72 Å². The average Bonchev–Trinajstić information content (AvgIpc) is 2.45. The van der Waals surface area contributed by atoms with Crippen molar-refractivity contribution in [3.63, 3.8) is 0 Å².